The van der Waals surface area contributed by atoms with Crippen LogP contribution in [0.2, 0.25) is 0 Å². The van der Waals surface area contributed by atoms with Crippen LogP contribution in [0.3, 0.4) is 0 Å². The van der Waals surface area contributed by atoms with Crippen molar-refractivity contribution < 1.29 is 22.0 Å². The van der Waals surface area contributed by atoms with Gasteiger partial charge in [0.1, 0.15) is 0 Å². The molecule has 0 aromatic heterocycles. The summed E-state index contributed by atoms with van der Waals surface area (Å²) in [5.41, 5.74) is 0. The van der Waals surface area contributed by atoms with Crippen LogP contribution in [-0.2, 0) is 0 Å². The van der Waals surface area contributed by atoms with Gasteiger partial charge < -0.3 is 0 Å². The molecule has 0 saturated carbocycles. The Morgan fingerprint density at radius 3 is 1.93 bits per heavy atom. The fourth-order valence-electron chi connectivity index (χ4n) is 1.22. The topological polar surface area (TPSA) is 0 Å². The molecule has 0 aromatic carbocycles. The highest BCUT2D eigenvalue weighted by molar-refractivity contribution is 7.80. The number of halogens is 6. The fourth-order valence-corrected chi connectivity index (χ4v) is 1.68. The van der Waals surface area contributed by atoms with Gasteiger partial charge in [-0.1, -0.05) is 0 Å². The van der Waals surface area contributed by atoms with Gasteiger partial charge in [-0.2, -0.15) is 34.6 Å². The minimum atomic E-state index is -5.49. The summed E-state index contributed by atoms with van der Waals surface area (Å²) in [5, 5.41) is 0. The maximum absolute atomic E-state index is 12.9. The Hall–Kier alpha value is 0.290. The molecule has 0 heterocycles. The van der Waals surface area contributed by atoms with Crippen molar-refractivity contribution in [2.24, 2.45) is 5.92 Å². The van der Waals surface area contributed by atoms with E-state index < -0.39 is 18.0 Å². The van der Waals surface area contributed by atoms with Crippen molar-refractivity contribution in [3.8, 4) is 0 Å². The Morgan fingerprint density at radius 2 is 1.60 bits per heavy atom. The summed E-state index contributed by atoms with van der Waals surface area (Å²) >= 11 is 8.94. The van der Waals surface area contributed by atoms with E-state index in [1.165, 1.54) is 0 Å². The second kappa shape index (κ2) is 6.13. The van der Waals surface area contributed by atoms with Crippen molar-refractivity contribution in [2.45, 2.75) is 31.4 Å². The van der Waals surface area contributed by atoms with Gasteiger partial charge in [-0.15, -0.1) is 11.6 Å². The lowest BCUT2D eigenvalue weighted by Crippen LogP contribution is -2.43. The standard InChI is InChI=1S/C8H12ClF5S/c9-4-1-2-6(3-5-15)7(10,11)8(12,13)14/h6,15H,1-5H2. The highest BCUT2D eigenvalue weighted by atomic mass is 35.5. The molecule has 0 N–H and O–H groups in total. The number of thiol groups is 1. The number of rotatable bonds is 6. The highest BCUT2D eigenvalue weighted by Crippen LogP contribution is 2.44. The molecule has 0 rings (SSSR count). The molecule has 0 aliphatic heterocycles. The molecule has 0 aromatic rings. The van der Waals surface area contributed by atoms with Gasteiger partial charge in [-0.3, -0.25) is 0 Å². The van der Waals surface area contributed by atoms with Gasteiger partial charge in [0.05, 0.1) is 0 Å². The zero-order valence-electron chi connectivity index (χ0n) is 7.83. The molecule has 0 aliphatic carbocycles. The zero-order chi connectivity index (χ0) is 12.1. The summed E-state index contributed by atoms with van der Waals surface area (Å²) < 4.78 is 61.9. The van der Waals surface area contributed by atoms with Crippen LogP contribution in [0.25, 0.3) is 0 Å². The minimum absolute atomic E-state index is 0.00137. The highest BCUT2D eigenvalue weighted by Gasteiger charge is 2.61. The summed E-state index contributed by atoms with van der Waals surface area (Å²) in [5.74, 6) is -6.30. The molecule has 0 amide bonds. The lowest BCUT2D eigenvalue weighted by Gasteiger charge is -2.28. The van der Waals surface area contributed by atoms with Crippen molar-refractivity contribution in [2.75, 3.05) is 11.6 Å². The van der Waals surface area contributed by atoms with Gasteiger partial charge in [-0.25, -0.2) is 0 Å². The van der Waals surface area contributed by atoms with E-state index in [1.807, 2.05) is 0 Å². The summed E-state index contributed by atoms with van der Waals surface area (Å²) in [6.45, 7) is 0. The van der Waals surface area contributed by atoms with Crippen molar-refractivity contribution in [1.82, 2.24) is 0 Å². The summed E-state index contributed by atoms with van der Waals surface area (Å²) in [7, 11) is 0. The minimum Gasteiger partial charge on any atom is -0.196 e. The van der Waals surface area contributed by atoms with Crippen LogP contribution in [0.4, 0.5) is 22.0 Å². The number of hydrogen-bond acceptors (Lipinski definition) is 1. The average molecular weight is 271 g/mol. The van der Waals surface area contributed by atoms with Crippen LogP contribution in [0.1, 0.15) is 19.3 Å². The van der Waals surface area contributed by atoms with E-state index >= 15 is 0 Å². The normalized spacial score (nSPS) is 15.4. The van der Waals surface area contributed by atoms with Crippen LogP contribution in [0.5, 0.6) is 0 Å². The Morgan fingerprint density at radius 1 is 1.07 bits per heavy atom. The molecule has 7 heteroatoms. The second-order valence-corrected chi connectivity index (χ2v) is 3.99. The maximum atomic E-state index is 12.9. The Bertz CT molecular complexity index is 182. The lowest BCUT2D eigenvalue weighted by atomic mass is 9.93. The molecular weight excluding hydrogens is 259 g/mol. The van der Waals surface area contributed by atoms with Crippen LogP contribution < -0.4 is 0 Å². The summed E-state index contributed by atoms with van der Waals surface area (Å²) in [4.78, 5) is 0. The Balaban J connectivity index is 4.58. The Labute approximate surface area is 95.6 Å². The maximum Gasteiger partial charge on any atom is 0.453 e. The van der Waals surface area contributed by atoms with E-state index in [4.69, 9.17) is 11.6 Å². The molecule has 0 saturated heterocycles. The first-order chi connectivity index (χ1) is 6.77. The van der Waals surface area contributed by atoms with Crippen molar-refractivity contribution >= 4 is 24.2 Å². The molecule has 0 radical (unpaired) electrons. The van der Waals surface area contributed by atoms with E-state index in [0.29, 0.717) is 0 Å². The number of alkyl halides is 6. The van der Waals surface area contributed by atoms with Crippen molar-refractivity contribution in [3.05, 3.63) is 0 Å². The van der Waals surface area contributed by atoms with E-state index in [9.17, 15) is 22.0 Å². The molecule has 92 valence electrons. The lowest BCUT2D eigenvalue weighted by molar-refractivity contribution is -0.303. The van der Waals surface area contributed by atoms with Gasteiger partial charge in [0.15, 0.2) is 0 Å². The van der Waals surface area contributed by atoms with Gasteiger partial charge in [0, 0.05) is 11.8 Å². The largest absolute Gasteiger partial charge is 0.453 e. The van der Waals surface area contributed by atoms with Crippen molar-refractivity contribution in [3.63, 3.8) is 0 Å². The van der Waals surface area contributed by atoms with Gasteiger partial charge >= 0.3 is 12.1 Å². The molecule has 1 unspecified atom stereocenters. The van der Waals surface area contributed by atoms with Gasteiger partial charge in [0.25, 0.3) is 0 Å². The zero-order valence-corrected chi connectivity index (χ0v) is 9.48. The average Bonchev–Trinajstić information content (AvgIpc) is 2.10. The molecule has 0 bridgehead atoms. The quantitative estimate of drug-likeness (QED) is 0.419. The van der Waals surface area contributed by atoms with Crippen LogP contribution >= 0.6 is 24.2 Å². The third-order valence-electron chi connectivity index (χ3n) is 2.05. The van der Waals surface area contributed by atoms with Crippen molar-refractivity contribution in [1.29, 1.82) is 0 Å². The summed E-state index contributed by atoms with van der Waals surface area (Å²) in [6, 6.07) is 0. The van der Waals surface area contributed by atoms with E-state index in [2.05, 4.69) is 12.6 Å². The van der Waals surface area contributed by atoms with Gasteiger partial charge in [-0.05, 0) is 25.0 Å². The van der Waals surface area contributed by atoms with E-state index in [-0.39, 0.29) is 30.9 Å². The number of hydrogen-bond donors (Lipinski definition) is 1. The molecular formula is C8H12ClF5S. The predicted octanol–water partition coefficient (Wildman–Crippen LogP) is 4.14. The van der Waals surface area contributed by atoms with Crippen LogP contribution in [-0.4, -0.2) is 23.7 Å². The van der Waals surface area contributed by atoms with Crippen LogP contribution in [0, 0.1) is 5.92 Å². The smallest absolute Gasteiger partial charge is 0.196 e. The molecule has 0 fully saturated rings. The predicted molar refractivity (Wildman–Crippen MR) is 52.9 cm³/mol. The molecule has 15 heavy (non-hydrogen) atoms. The fraction of sp³-hybridized carbons (Fsp3) is 1.00. The first-order valence-electron chi connectivity index (χ1n) is 4.38. The van der Waals surface area contributed by atoms with E-state index in [1.54, 1.807) is 0 Å². The molecule has 0 spiro atoms. The van der Waals surface area contributed by atoms with Crippen LogP contribution in [0.15, 0.2) is 0 Å². The third-order valence-corrected chi connectivity index (χ3v) is 2.58. The summed E-state index contributed by atoms with van der Waals surface area (Å²) in [6.07, 6.45) is -5.86. The SMILES string of the molecule is FC(F)(F)C(F)(F)C(CCS)CCCCl. The molecule has 0 nitrogen and oxygen atoms in total. The first-order valence-corrected chi connectivity index (χ1v) is 5.55. The molecule has 1 atom stereocenters. The second-order valence-electron chi connectivity index (χ2n) is 3.16. The third kappa shape index (κ3) is 4.34. The first kappa shape index (κ1) is 15.3. The monoisotopic (exact) mass is 270 g/mol. The Kier molecular flexibility index (Phi) is 6.25. The molecule has 0 aliphatic rings. The van der Waals surface area contributed by atoms with Gasteiger partial charge in [0.2, 0.25) is 0 Å². The van der Waals surface area contributed by atoms with E-state index in [0.717, 1.165) is 0 Å².